The molecule has 0 saturated carbocycles. The number of carbonyl (C=O) groups is 5. The van der Waals surface area contributed by atoms with Gasteiger partial charge in [0.15, 0.2) is 0 Å². The van der Waals surface area contributed by atoms with Crippen LogP contribution in [0.15, 0.2) is 24.3 Å². The molecule has 12 nitrogen and oxygen atoms in total. The Labute approximate surface area is 191 Å². The number of hydrogen-bond acceptors (Lipinski definition) is 7. The average molecular weight is 466 g/mol. The zero-order valence-electron chi connectivity index (χ0n) is 18.5. The summed E-state index contributed by atoms with van der Waals surface area (Å²) in [6.07, 6.45) is -0.207. The van der Waals surface area contributed by atoms with Gasteiger partial charge < -0.3 is 37.6 Å². The predicted octanol–water partition coefficient (Wildman–Crippen LogP) is -1.65. The molecule has 0 aliphatic heterocycles. The van der Waals surface area contributed by atoms with E-state index in [2.05, 4.69) is 16.0 Å². The zero-order valence-corrected chi connectivity index (χ0v) is 18.5. The van der Waals surface area contributed by atoms with Crippen LogP contribution in [0.2, 0.25) is 0 Å². The van der Waals surface area contributed by atoms with Gasteiger partial charge in [-0.3, -0.25) is 19.2 Å². The first kappa shape index (κ1) is 27.4. The van der Waals surface area contributed by atoms with Gasteiger partial charge in [0.2, 0.25) is 23.6 Å². The summed E-state index contributed by atoms with van der Waals surface area (Å²) in [4.78, 5) is 59.4. The number of nitrogens with two attached hydrogens (primary N) is 2. The molecule has 0 bridgehead atoms. The highest BCUT2D eigenvalue weighted by atomic mass is 16.4. The van der Waals surface area contributed by atoms with E-state index in [-0.39, 0.29) is 24.5 Å². The summed E-state index contributed by atoms with van der Waals surface area (Å²) >= 11 is 0. The first-order chi connectivity index (χ1) is 15.4. The second-order valence-corrected chi connectivity index (χ2v) is 8.01. The van der Waals surface area contributed by atoms with Gasteiger partial charge in [0, 0.05) is 6.42 Å². The maximum atomic E-state index is 12.8. The van der Waals surface area contributed by atoms with Crippen molar-refractivity contribution < 1.29 is 34.2 Å². The van der Waals surface area contributed by atoms with E-state index >= 15 is 0 Å². The van der Waals surface area contributed by atoms with Gasteiger partial charge in [-0.1, -0.05) is 26.0 Å². The van der Waals surface area contributed by atoms with Gasteiger partial charge in [-0.15, -0.1) is 0 Å². The van der Waals surface area contributed by atoms with Crippen LogP contribution in [-0.4, -0.2) is 64.5 Å². The number of phenols is 1. The molecule has 1 rings (SSSR count). The van der Waals surface area contributed by atoms with Gasteiger partial charge in [0.25, 0.3) is 0 Å². The summed E-state index contributed by atoms with van der Waals surface area (Å²) in [5, 5.41) is 26.0. The van der Waals surface area contributed by atoms with Crippen LogP contribution in [0.3, 0.4) is 0 Å². The Kier molecular flexibility index (Phi) is 10.8. The number of carboxylic acids is 1. The Morgan fingerprint density at radius 2 is 1.58 bits per heavy atom. The summed E-state index contributed by atoms with van der Waals surface area (Å²) in [6, 6.07) is 2.38. The van der Waals surface area contributed by atoms with Crippen molar-refractivity contribution in [1.29, 1.82) is 0 Å². The number of primary amides is 1. The van der Waals surface area contributed by atoms with Gasteiger partial charge in [-0.05, 0) is 30.0 Å². The van der Waals surface area contributed by atoms with Crippen molar-refractivity contribution in [2.75, 3.05) is 6.54 Å². The van der Waals surface area contributed by atoms with Crippen molar-refractivity contribution in [2.45, 2.75) is 51.2 Å². The minimum absolute atomic E-state index is 0.000999. The number of aromatic hydroxyl groups is 1. The van der Waals surface area contributed by atoms with Gasteiger partial charge in [0.05, 0.1) is 19.0 Å². The molecule has 9 N–H and O–H groups in total. The van der Waals surface area contributed by atoms with Crippen molar-refractivity contribution >= 4 is 29.6 Å². The fourth-order valence-corrected chi connectivity index (χ4v) is 2.90. The highest BCUT2D eigenvalue weighted by Crippen LogP contribution is 2.12. The lowest BCUT2D eigenvalue weighted by Crippen LogP contribution is -2.54. The molecule has 0 saturated heterocycles. The molecule has 0 aliphatic carbocycles. The fourth-order valence-electron chi connectivity index (χ4n) is 2.90. The number of amides is 4. The standard InChI is InChI=1S/C21H31N5O7/c1-11(2)7-16(21(32)33)26-20(31)15(8-12-3-5-13(27)6-4-12)25-18(29)10-24-19(30)14(22)9-17(23)28/h3-6,11,14-16,27H,7-10,22H2,1-2H3,(H2,23,28)(H,24,30)(H,25,29)(H,26,31)(H,32,33). The lowest BCUT2D eigenvalue weighted by atomic mass is 10.0. The van der Waals surface area contributed by atoms with Crippen LogP contribution < -0.4 is 27.4 Å². The molecule has 33 heavy (non-hydrogen) atoms. The van der Waals surface area contributed by atoms with Crippen LogP contribution in [0.1, 0.15) is 32.3 Å². The quantitative estimate of drug-likeness (QED) is 0.179. The Balaban J connectivity index is 2.88. The number of phenolic OH excluding ortho intramolecular Hbond substituents is 1. The second-order valence-electron chi connectivity index (χ2n) is 8.01. The number of benzene rings is 1. The molecule has 1 aromatic rings. The minimum atomic E-state index is -1.22. The van der Waals surface area contributed by atoms with E-state index < -0.39 is 60.7 Å². The second kappa shape index (κ2) is 13.0. The van der Waals surface area contributed by atoms with E-state index in [1.54, 1.807) is 12.1 Å². The zero-order chi connectivity index (χ0) is 25.1. The number of carbonyl (C=O) groups excluding carboxylic acids is 4. The SMILES string of the molecule is CC(C)CC(NC(=O)C(Cc1ccc(O)cc1)NC(=O)CNC(=O)C(N)CC(N)=O)C(=O)O. The van der Waals surface area contributed by atoms with Crippen LogP contribution in [0.4, 0.5) is 0 Å². The fraction of sp³-hybridized carbons (Fsp3) is 0.476. The molecule has 0 radical (unpaired) electrons. The molecule has 0 aromatic heterocycles. The molecule has 3 atom stereocenters. The Hall–Kier alpha value is -3.67. The van der Waals surface area contributed by atoms with Crippen molar-refractivity contribution in [2.24, 2.45) is 17.4 Å². The minimum Gasteiger partial charge on any atom is -0.508 e. The predicted molar refractivity (Wildman–Crippen MR) is 118 cm³/mol. The Morgan fingerprint density at radius 3 is 2.09 bits per heavy atom. The van der Waals surface area contributed by atoms with Crippen LogP contribution >= 0.6 is 0 Å². The highest BCUT2D eigenvalue weighted by Gasteiger charge is 2.27. The maximum absolute atomic E-state index is 12.8. The monoisotopic (exact) mass is 465 g/mol. The van der Waals surface area contributed by atoms with Crippen molar-refractivity contribution in [3.8, 4) is 5.75 Å². The topological polar surface area (TPSA) is 214 Å². The molecule has 0 heterocycles. The first-order valence-electron chi connectivity index (χ1n) is 10.3. The third-order valence-electron chi connectivity index (χ3n) is 4.53. The van der Waals surface area contributed by atoms with Crippen LogP contribution in [-0.2, 0) is 30.4 Å². The van der Waals surface area contributed by atoms with Gasteiger partial charge in [-0.2, -0.15) is 0 Å². The van der Waals surface area contributed by atoms with E-state index in [4.69, 9.17) is 11.5 Å². The number of carboxylic acid groups (broad SMARTS) is 1. The van der Waals surface area contributed by atoms with E-state index in [0.717, 1.165) is 0 Å². The summed E-state index contributed by atoms with van der Waals surface area (Å²) < 4.78 is 0. The third-order valence-corrected chi connectivity index (χ3v) is 4.53. The van der Waals surface area contributed by atoms with Gasteiger partial charge in [-0.25, -0.2) is 4.79 Å². The van der Waals surface area contributed by atoms with E-state index in [0.29, 0.717) is 5.56 Å². The molecule has 3 unspecified atom stereocenters. The largest absolute Gasteiger partial charge is 0.508 e. The van der Waals surface area contributed by atoms with Crippen LogP contribution in [0.5, 0.6) is 5.75 Å². The number of aliphatic carboxylic acids is 1. The van der Waals surface area contributed by atoms with Crippen molar-refractivity contribution in [3.63, 3.8) is 0 Å². The molecule has 0 spiro atoms. The number of hydrogen-bond donors (Lipinski definition) is 7. The molecule has 12 heteroatoms. The lowest BCUT2D eigenvalue weighted by Gasteiger charge is -2.23. The van der Waals surface area contributed by atoms with E-state index in [1.807, 2.05) is 13.8 Å². The molecule has 0 aliphatic rings. The average Bonchev–Trinajstić information content (AvgIpc) is 2.71. The lowest BCUT2D eigenvalue weighted by molar-refractivity contribution is -0.142. The Morgan fingerprint density at radius 1 is 0.970 bits per heavy atom. The summed E-state index contributed by atoms with van der Waals surface area (Å²) in [5.41, 5.74) is 11.1. The van der Waals surface area contributed by atoms with Crippen LogP contribution in [0.25, 0.3) is 0 Å². The normalized spacial score (nSPS) is 13.5. The molecule has 0 fully saturated rings. The Bertz CT molecular complexity index is 857. The van der Waals surface area contributed by atoms with Gasteiger partial charge >= 0.3 is 5.97 Å². The van der Waals surface area contributed by atoms with Gasteiger partial charge in [0.1, 0.15) is 17.8 Å². The highest BCUT2D eigenvalue weighted by molar-refractivity contribution is 5.93. The summed E-state index contributed by atoms with van der Waals surface area (Å²) in [6.45, 7) is 3.09. The van der Waals surface area contributed by atoms with Crippen molar-refractivity contribution in [1.82, 2.24) is 16.0 Å². The van der Waals surface area contributed by atoms with E-state index in [9.17, 15) is 34.2 Å². The summed E-state index contributed by atoms with van der Waals surface area (Å²) in [5.74, 6) is -4.19. The molecule has 1 aromatic carbocycles. The maximum Gasteiger partial charge on any atom is 0.326 e. The van der Waals surface area contributed by atoms with Crippen LogP contribution in [0, 0.1) is 5.92 Å². The molecular formula is C21H31N5O7. The summed E-state index contributed by atoms with van der Waals surface area (Å²) in [7, 11) is 0. The number of rotatable bonds is 13. The molecular weight excluding hydrogens is 434 g/mol. The molecule has 182 valence electrons. The smallest absolute Gasteiger partial charge is 0.326 e. The van der Waals surface area contributed by atoms with E-state index in [1.165, 1.54) is 12.1 Å². The van der Waals surface area contributed by atoms with Crippen molar-refractivity contribution in [3.05, 3.63) is 29.8 Å². The number of nitrogens with one attached hydrogen (secondary N) is 3. The third kappa shape index (κ3) is 10.5. The first-order valence-corrected chi connectivity index (χ1v) is 10.3. The molecule has 4 amide bonds.